The molecule has 0 aliphatic carbocycles. The van der Waals surface area contributed by atoms with E-state index in [1.807, 2.05) is 24.3 Å². The molecule has 1 aromatic heterocycles. The molecule has 0 unspecified atom stereocenters. The number of pyridine rings is 1. The van der Waals surface area contributed by atoms with E-state index < -0.39 is 0 Å². The average Bonchev–Trinajstić information content (AvgIpc) is 2.33. The zero-order valence-electron chi connectivity index (χ0n) is 9.48. The lowest BCUT2D eigenvalue weighted by molar-refractivity contribution is 0.460. The number of benzene rings is 1. The van der Waals surface area contributed by atoms with Gasteiger partial charge in [-0.05, 0) is 40.0 Å². The molecule has 0 aliphatic heterocycles. The molecule has 0 atom stereocenters. The summed E-state index contributed by atoms with van der Waals surface area (Å²) in [6.07, 6.45) is 2.58. The van der Waals surface area contributed by atoms with Gasteiger partial charge in [0.2, 0.25) is 5.88 Å². The number of nitrogens with zero attached hydrogens (tertiary/aromatic N) is 1. The number of hydrogen-bond donors (Lipinski definition) is 1. The topological polar surface area (TPSA) is 48.1 Å². The van der Waals surface area contributed by atoms with Crippen molar-refractivity contribution in [2.24, 2.45) is 0 Å². The van der Waals surface area contributed by atoms with E-state index in [9.17, 15) is 0 Å². The zero-order chi connectivity index (χ0) is 12.3. The van der Waals surface area contributed by atoms with Gasteiger partial charge in [0.15, 0.2) is 0 Å². The molecule has 4 heteroatoms. The summed E-state index contributed by atoms with van der Waals surface area (Å²) in [5.41, 5.74) is 7.50. The second-order valence-electron chi connectivity index (χ2n) is 3.61. The number of aryl methyl sites for hydroxylation is 1. The summed E-state index contributed by atoms with van der Waals surface area (Å²) >= 11 is 3.31. The van der Waals surface area contributed by atoms with Crippen LogP contribution in [0.25, 0.3) is 0 Å². The van der Waals surface area contributed by atoms with E-state index in [4.69, 9.17) is 10.5 Å². The van der Waals surface area contributed by atoms with E-state index in [2.05, 4.69) is 27.8 Å². The summed E-state index contributed by atoms with van der Waals surface area (Å²) in [6.45, 7) is 2.08. The van der Waals surface area contributed by atoms with Crippen molar-refractivity contribution >= 4 is 21.6 Å². The summed E-state index contributed by atoms with van der Waals surface area (Å²) < 4.78 is 6.57. The van der Waals surface area contributed by atoms with E-state index in [0.29, 0.717) is 11.6 Å². The molecule has 88 valence electrons. The predicted molar refractivity (Wildman–Crippen MR) is 72.2 cm³/mol. The van der Waals surface area contributed by atoms with Crippen LogP contribution in [0.4, 0.5) is 5.69 Å². The maximum absolute atomic E-state index is 5.84. The second kappa shape index (κ2) is 5.19. The molecule has 0 saturated carbocycles. The number of nitrogen functional groups attached to an aromatic ring is 1. The number of aromatic nitrogens is 1. The highest BCUT2D eigenvalue weighted by atomic mass is 79.9. The van der Waals surface area contributed by atoms with Gasteiger partial charge in [-0.3, -0.25) is 0 Å². The van der Waals surface area contributed by atoms with Gasteiger partial charge in [-0.15, -0.1) is 0 Å². The second-order valence-corrected chi connectivity index (χ2v) is 4.53. The Morgan fingerprint density at radius 1 is 1.35 bits per heavy atom. The number of ether oxygens (including phenoxy) is 1. The van der Waals surface area contributed by atoms with E-state index in [1.165, 1.54) is 0 Å². The molecule has 1 aromatic carbocycles. The van der Waals surface area contributed by atoms with Crippen molar-refractivity contribution in [2.75, 3.05) is 5.73 Å². The van der Waals surface area contributed by atoms with Gasteiger partial charge in [0.05, 0.1) is 5.69 Å². The van der Waals surface area contributed by atoms with E-state index in [-0.39, 0.29) is 0 Å². The Morgan fingerprint density at radius 3 is 2.82 bits per heavy atom. The van der Waals surface area contributed by atoms with Crippen LogP contribution < -0.4 is 10.5 Å². The number of hydrogen-bond acceptors (Lipinski definition) is 3. The molecule has 2 aromatic rings. The lowest BCUT2D eigenvalue weighted by Gasteiger charge is -2.10. The maximum Gasteiger partial charge on any atom is 0.242 e. The standard InChI is InChI=1S/C13H13BrN2O/c1-2-9-5-3-4-6-12(9)17-13-11(15)7-10(14)8-16-13/h3-8H,2,15H2,1H3. The van der Waals surface area contributed by atoms with Crippen LogP contribution >= 0.6 is 15.9 Å². The zero-order valence-corrected chi connectivity index (χ0v) is 11.1. The highest BCUT2D eigenvalue weighted by molar-refractivity contribution is 9.10. The van der Waals surface area contributed by atoms with Gasteiger partial charge < -0.3 is 10.5 Å². The number of halogens is 1. The van der Waals surface area contributed by atoms with Crippen LogP contribution in [0.1, 0.15) is 12.5 Å². The van der Waals surface area contributed by atoms with Crippen LogP contribution in [0.15, 0.2) is 41.0 Å². The quantitative estimate of drug-likeness (QED) is 0.936. The van der Waals surface area contributed by atoms with Crippen LogP contribution in [0.5, 0.6) is 11.6 Å². The van der Waals surface area contributed by atoms with E-state index in [1.54, 1.807) is 12.3 Å². The van der Waals surface area contributed by atoms with Gasteiger partial charge >= 0.3 is 0 Å². The third kappa shape index (κ3) is 2.77. The van der Waals surface area contributed by atoms with Crippen LogP contribution in [0, 0.1) is 0 Å². The summed E-state index contributed by atoms with van der Waals surface area (Å²) in [5.74, 6) is 1.24. The van der Waals surface area contributed by atoms with Gasteiger partial charge in [-0.1, -0.05) is 25.1 Å². The van der Waals surface area contributed by atoms with Crippen LogP contribution in [-0.4, -0.2) is 4.98 Å². The molecule has 2 N–H and O–H groups in total. The van der Waals surface area contributed by atoms with Crippen molar-refractivity contribution in [3.8, 4) is 11.6 Å². The molecule has 3 nitrogen and oxygen atoms in total. The lowest BCUT2D eigenvalue weighted by atomic mass is 10.1. The minimum absolute atomic E-state index is 0.439. The fourth-order valence-electron chi connectivity index (χ4n) is 1.53. The van der Waals surface area contributed by atoms with Crippen molar-refractivity contribution in [3.05, 3.63) is 46.6 Å². The first-order chi connectivity index (χ1) is 8.20. The molecule has 2 rings (SSSR count). The first-order valence-corrected chi connectivity index (χ1v) is 6.16. The third-order valence-corrected chi connectivity index (χ3v) is 2.84. The Labute approximate surface area is 109 Å². The normalized spacial score (nSPS) is 10.2. The highest BCUT2D eigenvalue weighted by Crippen LogP contribution is 2.29. The van der Waals surface area contributed by atoms with Gasteiger partial charge in [0.1, 0.15) is 5.75 Å². The maximum atomic E-state index is 5.84. The molecular weight excluding hydrogens is 280 g/mol. The monoisotopic (exact) mass is 292 g/mol. The molecule has 0 spiro atoms. The van der Waals surface area contributed by atoms with Crippen molar-refractivity contribution in [2.45, 2.75) is 13.3 Å². The fourth-order valence-corrected chi connectivity index (χ4v) is 1.88. The van der Waals surface area contributed by atoms with Gasteiger partial charge in [0, 0.05) is 10.7 Å². The largest absolute Gasteiger partial charge is 0.437 e. The summed E-state index contributed by atoms with van der Waals surface area (Å²) in [5, 5.41) is 0. The van der Waals surface area contributed by atoms with Crippen LogP contribution in [-0.2, 0) is 6.42 Å². The van der Waals surface area contributed by atoms with Crippen molar-refractivity contribution < 1.29 is 4.74 Å². The number of para-hydroxylation sites is 1. The minimum Gasteiger partial charge on any atom is -0.437 e. The number of rotatable bonds is 3. The molecule has 0 aliphatic rings. The first-order valence-electron chi connectivity index (χ1n) is 5.37. The molecule has 0 amide bonds. The van der Waals surface area contributed by atoms with E-state index in [0.717, 1.165) is 22.2 Å². The highest BCUT2D eigenvalue weighted by Gasteiger charge is 2.07. The van der Waals surface area contributed by atoms with Crippen molar-refractivity contribution in [1.82, 2.24) is 4.98 Å². The molecule has 0 fully saturated rings. The Balaban J connectivity index is 2.31. The molecule has 17 heavy (non-hydrogen) atoms. The Kier molecular flexibility index (Phi) is 3.64. The first kappa shape index (κ1) is 11.9. The van der Waals surface area contributed by atoms with Gasteiger partial charge in [-0.2, -0.15) is 0 Å². The predicted octanol–water partition coefficient (Wildman–Crippen LogP) is 3.78. The Bertz CT molecular complexity index is 529. The summed E-state index contributed by atoms with van der Waals surface area (Å²) in [4.78, 5) is 4.15. The summed E-state index contributed by atoms with van der Waals surface area (Å²) in [6, 6.07) is 9.65. The molecular formula is C13H13BrN2O. The Hall–Kier alpha value is -1.55. The lowest BCUT2D eigenvalue weighted by Crippen LogP contribution is -1.96. The van der Waals surface area contributed by atoms with Crippen molar-refractivity contribution in [3.63, 3.8) is 0 Å². The van der Waals surface area contributed by atoms with E-state index >= 15 is 0 Å². The molecule has 0 bridgehead atoms. The van der Waals surface area contributed by atoms with Crippen molar-refractivity contribution in [1.29, 1.82) is 0 Å². The minimum atomic E-state index is 0.439. The van der Waals surface area contributed by atoms with Gasteiger partial charge in [-0.25, -0.2) is 4.98 Å². The van der Waals surface area contributed by atoms with Crippen LogP contribution in [0.2, 0.25) is 0 Å². The fraction of sp³-hybridized carbons (Fsp3) is 0.154. The number of anilines is 1. The molecule has 1 heterocycles. The van der Waals surface area contributed by atoms with Crippen LogP contribution in [0.3, 0.4) is 0 Å². The number of nitrogens with two attached hydrogens (primary N) is 1. The molecule has 0 radical (unpaired) electrons. The smallest absolute Gasteiger partial charge is 0.242 e. The summed E-state index contributed by atoms with van der Waals surface area (Å²) in [7, 11) is 0. The average molecular weight is 293 g/mol. The molecule has 0 saturated heterocycles. The Morgan fingerprint density at radius 2 is 2.12 bits per heavy atom. The van der Waals surface area contributed by atoms with Gasteiger partial charge in [0.25, 0.3) is 0 Å². The third-order valence-electron chi connectivity index (χ3n) is 2.41. The SMILES string of the molecule is CCc1ccccc1Oc1ncc(Br)cc1N.